The Balaban J connectivity index is 2.26. The summed E-state index contributed by atoms with van der Waals surface area (Å²) in [6.45, 7) is 3.52. The largest absolute Gasteiger partial charge is 0.394 e. The van der Waals surface area contributed by atoms with Crippen LogP contribution in [-0.4, -0.2) is 21.5 Å². The van der Waals surface area contributed by atoms with Gasteiger partial charge in [-0.15, -0.1) is 0 Å². The fourth-order valence-corrected chi connectivity index (χ4v) is 1.79. The molecule has 2 aromatic heterocycles. The van der Waals surface area contributed by atoms with Crippen molar-refractivity contribution in [3.8, 4) is 0 Å². The van der Waals surface area contributed by atoms with E-state index in [1.54, 1.807) is 12.4 Å². The second-order valence-electron chi connectivity index (χ2n) is 3.79. The number of anilines is 2. The van der Waals surface area contributed by atoms with E-state index >= 15 is 0 Å². The van der Waals surface area contributed by atoms with Crippen molar-refractivity contribution in [1.82, 2.24) is 15.0 Å². The van der Waals surface area contributed by atoms with Crippen molar-refractivity contribution in [1.29, 1.82) is 0 Å². The van der Waals surface area contributed by atoms with Gasteiger partial charge in [-0.25, -0.2) is 4.98 Å². The third kappa shape index (κ3) is 2.87. The number of aromatic nitrogens is 3. The molecule has 0 aliphatic carbocycles. The van der Waals surface area contributed by atoms with Crippen molar-refractivity contribution in [2.45, 2.75) is 13.5 Å². The molecule has 0 unspecified atom stereocenters. The second-order valence-corrected chi connectivity index (χ2v) is 4.13. The lowest BCUT2D eigenvalue weighted by molar-refractivity contribution is 0.811. The molecule has 0 radical (unpaired) electrons. The number of nitrogen functional groups attached to an aromatic ring is 1. The molecule has 0 atom stereocenters. The number of hydrogen-bond acceptors (Lipinski definition) is 5. The molecule has 6 heteroatoms. The molecule has 2 aromatic rings. The minimum Gasteiger partial charge on any atom is -0.394 e. The smallest absolute Gasteiger partial charge is 0.224 e. The highest BCUT2D eigenvalue weighted by atomic mass is 35.5. The van der Waals surface area contributed by atoms with Gasteiger partial charge in [0.2, 0.25) is 5.28 Å². The van der Waals surface area contributed by atoms with Gasteiger partial charge < -0.3 is 10.6 Å². The molecule has 0 aromatic carbocycles. The van der Waals surface area contributed by atoms with E-state index < -0.39 is 0 Å². The Kier molecular flexibility index (Phi) is 3.94. The minimum atomic E-state index is 0.201. The van der Waals surface area contributed by atoms with Crippen LogP contribution in [0.4, 0.5) is 11.5 Å². The highest BCUT2D eigenvalue weighted by molar-refractivity contribution is 6.28. The highest BCUT2D eigenvalue weighted by Crippen LogP contribution is 2.22. The topological polar surface area (TPSA) is 67.9 Å². The second kappa shape index (κ2) is 5.64. The van der Waals surface area contributed by atoms with E-state index in [4.69, 9.17) is 17.3 Å². The Bertz CT molecular complexity index is 517. The first kappa shape index (κ1) is 12.6. The predicted octanol–water partition coefficient (Wildman–Crippen LogP) is 2.13. The van der Waals surface area contributed by atoms with E-state index in [0.717, 1.165) is 12.1 Å². The maximum atomic E-state index is 5.88. The number of nitrogens with two attached hydrogens (primary N) is 1. The standard InChI is InChI=1S/C12H14ClN5/c1-2-18(8-9-3-5-15-6-4-9)11-10(14)7-16-12(13)17-11/h3-7H,2,8,14H2,1H3. The molecule has 0 spiro atoms. The van der Waals surface area contributed by atoms with Crippen molar-refractivity contribution < 1.29 is 0 Å². The highest BCUT2D eigenvalue weighted by Gasteiger charge is 2.11. The monoisotopic (exact) mass is 263 g/mol. The Labute approximate surface area is 111 Å². The van der Waals surface area contributed by atoms with E-state index in [9.17, 15) is 0 Å². The van der Waals surface area contributed by atoms with Gasteiger partial charge in [0.25, 0.3) is 0 Å². The van der Waals surface area contributed by atoms with Crippen LogP contribution >= 0.6 is 11.6 Å². The zero-order chi connectivity index (χ0) is 13.0. The summed E-state index contributed by atoms with van der Waals surface area (Å²) in [5.74, 6) is 0.661. The van der Waals surface area contributed by atoms with E-state index in [2.05, 4.69) is 15.0 Å². The van der Waals surface area contributed by atoms with E-state index in [0.29, 0.717) is 18.1 Å². The number of hydrogen-bond donors (Lipinski definition) is 1. The van der Waals surface area contributed by atoms with Crippen LogP contribution in [0.1, 0.15) is 12.5 Å². The summed E-state index contributed by atoms with van der Waals surface area (Å²) >= 11 is 5.81. The van der Waals surface area contributed by atoms with Crippen molar-refractivity contribution in [2.75, 3.05) is 17.2 Å². The maximum Gasteiger partial charge on any atom is 0.224 e. The average Bonchev–Trinajstić information content (AvgIpc) is 2.40. The van der Waals surface area contributed by atoms with Gasteiger partial charge in [-0.3, -0.25) is 4.98 Å². The number of nitrogens with zero attached hydrogens (tertiary/aromatic N) is 4. The van der Waals surface area contributed by atoms with E-state index in [1.165, 1.54) is 6.20 Å². The molecular formula is C12H14ClN5. The molecule has 2 heterocycles. The quantitative estimate of drug-likeness (QED) is 0.856. The molecule has 2 rings (SSSR count). The van der Waals surface area contributed by atoms with Crippen LogP contribution in [0.2, 0.25) is 5.28 Å². The summed E-state index contributed by atoms with van der Waals surface area (Å²) in [5, 5.41) is 0.201. The van der Waals surface area contributed by atoms with Crippen molar-refractivity contribution in [3.63, 3.8) is 0 Å². The molecule has 94 valence electrons. The van der Waals surface area contributed by atoms with E-state index in [1.807, 2.05) is 24.0 Å². The normalized spacial score (nSPS) is 10.3. The van der Waals surface area contributed by atoms with Crippen LogP contribution in [0.25, 0.3) is 0 Å². The van der Waals surface area contributed by atoms with Crippen LogP contribution in [0.3, 0.4) is 0 Å². The Morgan fingerprint density at radius 2 is 2.06 bits per heavy atom. The number of halogens is 1. The molecule has 0 fully saturated rings. The zero-order valence-electron chi connectivity index (χ0n) is 10.0. The average molecular weight is 264 g/mol. The van der Waals surface area contributed by atoms with Gasteiger partial charge in [-0.1, -0.05) is 0 Å². The number of rotatable bonds is 4. The molecule has 2 N–H and O–H groups in total. The van der Waals surface area contributed by atoms with Crippen LogP contribution in [-0.2, 0) is 6.54 Å². The van der Waals surface area contributed by atoms with E-state index in [-0.39, 0.29) is 5.28 Å². The Morgan fingerprint density at radius 3 is 2.72 bits per heavy atom. The fourth-order valence-electron chi connectivity index (χ4n) is 1.66. The molecule has 0 aliphatic heterocycles. The molecule has 5 nitrogen and oxygen atoms in total. The van der Waals surface area contributed by atoms with Gasteiger partial charge in [-0.05, 0) is 36.2 Å². The fraction of sp³-hybridized carbons (Fsp3) is 0.250. The zero-order valence-corrected chi connectivity index (χ0v) is 10.8. The number of pyridine rings is 1. The third-order valence-electron chi connectivity index (χ3n) is 2.57. The molecular weight excluding hydrogens is 250 g/mol. The maximum absolute atomic E-state index is 5.88. The minimum absolute atomic E-state index is 0.201. The molecule has 0 bridgehead atoms. The van der Waals surface area contributed by atoms with Gasteiger partial charge in [0.15, 0.2) is 5.82 Å². The van der Waals surface area contributed by atoms with Gasteiger partial charge in [-0.2, -0.15) is 4.98 Å². The summed E-state index contributed by atoms with van der Waals surface area (Å²) in [6, 6.07) is 3.92. The van der Waals surface area contributed by atoms with Gasteiger partial charge in [0.1, 0.15) is 0 Å². The van der Waals surface area contributed by atoms with Crippen molar-refractivity contribution in [3.05, 3.63) is 41.6 Å². The summed E-state index contributed by atoms with van der Waals surface area (Å²) < 4.78 is 0. The molecule has 0 saturated heterocycles. The summed E-state index contributed by atoms with van der Waals surface area (Å²) in [5.41, 5.74) is 7.55. The molecule has 0 saturated carbocycles. The predicted molar refractivity (Wildman–Crippen MR) is 72.4 cm³/mol. The van der Waals surface area contributed by atoms with Gasteiger partial charge in [0.05, 0.1) is 11.9 Å². The molecule has 0 aliphatic rings. The third-order valence-corrected chi connectivity index (χ3v) is 2.75. The van der Waals surface area contributed by atoms with Crippen LogP contribution < -0.4 is 10.6 Å². The van der Waals surface area contributed by atoms with Gasteiger partial charge in [0, 0.05) is 25.5 Å². The molecule has 18 heavy (non-hydrogen) atoms. The summed E-state index contributed by atoms with van der Waals surface area (Å²) in [6.07, 6.45) is 5.05. The lowest BCUT2D eigenvalue weighted by Crippen LogP contribution is -2.24. The lowest BCUT2D eigenvalue weighted by atomic mass is 10.2. The Hall–Kier alpha value is -1.88. The first-order valence-electron chi connectivity index (χ1n) is 5.62. The lowest BCUT2D eigenvalue weighted by Gasteiger charge is -2.23. The van der Waals surface area contributed by atoms with Crippen LogP contribution in [0.5, 0.6) is 0 Å². The van der Waals surface area contributed by atoms with Crippen LogP contribution in [0, 0.1) is 0 Å². The first-order chi connectivity index (χ1) is 8.70. The summed E-state index contributed by atoms with van der Waals surface area (Å²) in [7, 11) is 0. The molecule has 0 amide bonds. The van der Waals surface area contributed by atoms with Gasteiger partial charge >= 0.3 is 0 Å². The SMILES string of the molecule is CCN(Cc1ccncc1)c1nc(Cl)ncc1N. The summed E-state index contributed by atoms with van der Waals surface area (Å²) in [4.78, 5) is 14.1. The van der Waals surface area contributed by atoms with Crippen LogP contribution in [0.15, 0.2) is 30.7 Å². The first-order valence-corrected chi connectivity index (χ1v) is 6.00. The van der Waals surface area contributed by atoms with Crippen molar-refractivity contribution >= 4 is 23.1 Å². The Morgan fingerprint density at radius 1 is 1.33 bits per heavy atom. The van der Waals surface area contributed by atoms with Crippen molar-refractivity contribution in [2.24, 2.45) is 0 Å².